The minimum atomic E-state index is -3.01. The van der Waals surface area contributed by atoms with Crippen molar-refractivity contribution in [2.75, 3.05) is 44.8 Å². The zero-order chi connectivity index (χ0) is 18.4. The van der Waals surface area contributed by atoms with Crippen LogP contribution in [0.4, 0.5) is 4.39 Å². The number of likely N-dealkylation sites (N-methyl/N-ethyl adjacent to an activating group) is 2. The highest BCUT2D eigenvalue weighted by molar-refractivity contribution is 7.91. The summed E-state index contributed by atoms with van der Waals surface area (Å²) in [6, 6.07) is 5.56. The first kappa shape index (κ1) is 19.7. The lowest BCUT2D eigenvalue weighted by atomic mass is 10.2. The number of rotatable bonds is 8. The Morgan fingerprint density at radius 2 is 2.00 bits per heavy atom. The average Bonchev–Trinajstić information content (AvgIpc) is 2.89. The molecule has 1 fully saturated rings. The quantitative estimate of drug-likeness (QED) is 0.685. The highest BCUT2D eigenvalue weighted by atomic mass is 32.2. The first-order chi connectivity index (χ1) is 11.8. The Labute approximate surface area is 148 Å². The first-order valence-electron chi connectivity index (χ1n) is 8.37. The Morgan fingerprint density at radius 1 is 1.32 bits per heavy atom. The van der Waals surface area contributed by atoms with E-state index in [0.29, 0.717) is 31.9 Å². The molecule has 25 heavy (non-hydrogen) atoms. The summed E-state index contributed by atoms with van der Waals surface area (Å²) in [7, 11) is -1.20. The molecule has 0 spiro atoms. The van der Waals surface area contributed by atoms with Crippen molar-refractivity contribution >= 4 is 15.7 Å². The van der Waals surface area contributed by atoms with Gasteiger partial charge in [0.2, 0.25) is 5.91 Å². The second kappa shape index (κ2) is 8.62. The number of sulfone groups is 1. The lowest BCUT2D eigenvalue weighted by molar-refractivity contribution is -0.133. The number of carbonyl (C=O) groups is 1. The fourth-order valence-electron chi connectivity index (χ4n) is 2.91. The number of ether oxygens (including phenoxy) is 1. The van der Waals surface area contributed by atoms with E-state index in [1.165, 1.54) is 12.1 Å². The van der Waals surface area contributed by atoms with Gasteiger partial charge in [-0.25, -0.2) is 12.8 Å². The summed E-state index contributed by atoms with van der Waals surface area (Å²) in [6.45, 7) is 3.47. The maximum absolute atomic E-state index is 12.8. The summed E-state index contributed by atoms with van der Waals surface area (Å²) in [5.41, 5.74) is 0. The molecule has 140 valence electrons. The summed E-state index contributed by atoms with van der Waals surface area (Å²) in [5, 5.41) is 0. The summed E-state index contributed by atoms with van der Waals surface area (Å²) in [5.74, 6) is 0.400. The molecule has 0 radical (unpaired) electrons. The number of amides is 1. The molecule has 1 aliphatic heterocycles. The second-order valence-electron chi connectivity index (χ2n) is 6.28. The van der Waals surface area contributed by atoms with Crippen molar-refractivity contribution in [3.63, 3.8) is 0 Å². The van der Waals surface area contributed by atoms with Crippen LogP contribution in [-0.4, -0.2) is 75.0 Å². The molecule has 8 heteroatoms. The van der Waals surface area contributed by atoms with Crippen molar-refractivity contribution in [2.45, 2.75) is 19.4 Å². The van der Waals surface area contributed by atoms with E-state index in [1.807, 2.05) is 18.9 Å². The molecule has 2 rings (SSSR count). The standard InChI is InChI=1S/C17H25FN2O4S/c1-3-20(15-8-11-25(22,23)13-15)17(21)12-19(2)9-10-24-16-6-4-14(18)5-7-16/h4-7,15H,3,8-13H2,1-2H3. The molecule has 1 aromatic rings. The Morgan fingerprint density at radius 3 is 2.56 bits per heavy atom. The van der Waals surface area contributed by atoms with Crippen LogP contribution < -0.4 is 4.74 Å². The van der Waals surface area contributed by atoms with Gasteiger partial charge >= 0.3 is 0 Å². The van der Waals surface area contributed by atoms with E-state index in [-0.39, 0.29) is 35.8 Å². The maximum atomic E-state index is 12.8. The fourth-order valence-corrected chi connectivity index (χ4v) is 4.64. The van der Waals surface area contributed by atoms with E-state index in [0.717, 1.165) is 0 Å². The Balaban J connectivity index is 1.77. The molecule has 1 atom stereocenters. The average molecular weight is 372 g/mol. The third-order valence-electron chi connectivity index (χ3n) is 4.27. The van der Waals surface area contributed by atoms with Gasteiger partial charge in [-0.1, -0.05) is 0 Å². The molecule has 1 aliphatic rings. The molecule has 0 saturated carbocycles. The van der Waals surface area contributed by atoms with Gasteiger partial charge in [0, 0.05) is 19.1 Å². The van der Waals surface area contributed by atoms with Crippen molar-refractivity contribution in [3.8, 4) is 5.75 Å². The minimum absolute atomic E-state index is 0.0595. The predicted molar refractivity (Wildman–Crippen MR) is 93.8 cm³/mol. The highest BCUT2D eigenvalue weighted by Gasteiger charge is 2.33. The first-order valence-corrected chi connectivity index (χ1v) is 10.2. The molecule has 0 aromatic heterocycles. The summed E-state index contributed by atoms with van der Waals surface area (Å²) >= 11 is 0. The molecular weight excluding hydrogens is 347 g/mol. The molecule has 0 aliphatic carbocycles. The number of nitrogens with zero attached hydrogens (tertiary/aromatic N) is 2. The molecule has 0 bridgehead atoms. The van der Waals surface area contributed by atoms with Crippen molar-refractivity contribution < 1.29 is 22.3 Å². The topological polar surface area (TPSA) is 66.9 Å². The van der Waals surface area contributed by atoms with Crippen LogP contribution in [-0.2, 0) is 14.6 Å². The van der Waals surface area contributed by atoms with Crippen LogP contribution in [0.1, 0.15) is 13.3 Å². The third kappa shape index (κ3) is 5.97. The number of hydrogen-bond acceptors (Lipinski definition) is 5. The van der Waals surface area contributed by atoms with E-state index in [4.69, 9.17) is 4.74 Å². The van der Waals surface area contributed by atoms with Crippen molar-refractivity contribution in [2.24, 2.45) is 0 Å². The molecule has 1 aromatic carbocycles. The molecule has 1 heterocycles. The van der Waals surface area contributed by atoms with Gasteiger partial charge in [-0.2, -0.15) is 0 Å². The zero-order valence-corrected chi connectivity index (χ0v) is 15.5. The Kier molecular flexibility index (Phi) is 6.78. The van der Waals surface area contributed by atoms with Crippen LogP contribution >= 0.6 is 0 Å². The molecule has 1 unspecified atom stereocenters. The monoisotopic (exact) mass is 372 g/mol. The molecule has 0 N–H and O–H groups in total. The summed E-state index contributed by atoms with van der Waals surface area (Å²) in [4.78, 5) is 15.9. The van der Waals surface area contributed by atoms with Gasteiger partial charge in [0.1, 0.15) is 18.2 Å². The normalized spacial score (nSPS) is 19.1. The number of benzene rings is 1. The lowest BCUT2D eigenvalue weighted by Gasteiger charge is -2.29. The Bertz CT molecular complexity index is 678. The minimum Gasteiger partial charge on any atom is -0.492 e. The van der Waals surface area contributed by atoms with Gasteiger partial charge in [0.25, 0.3) is 0 Å². The van der Waals surface area contributed by atoms with Gasteiger partial charge in [-0.3, -0.25) is 9.69 Å². The molecular formula is C17H25FN2O4S. The van der Waals surface area contributed by atoms with E-state index >= 15 is 0 Å². The van der Waals surface area contributed by atoms with E-state index in [9.17, 15) is 17.6 Å². The van der Waals surface area contributed by atoms with E-state index in [2.05, 4.69) is 0 Å². The van der Waals surface area contributed by atoms with Gasteiger partial charge in [0.05, 0.1) is 18.1 Å². The SMILES string of the molecule is CCN(C(=O)CN(C)CCOc1ccc(F)cc1)C1CCS(=O)(=O)C1. The van der Waals surface area contributed by atoms with Gasteiger partial charge in [0.15, 0.2) is 9.84 Å². The van der Waals surface area contributed by atoms with Gasteiger partial charge in [-0.15, -0.1) is 0 Å². The molecule has 1 amide bonds. The maximum Gasteiger partial charge on any atom is 0.237 e. The van der Waals surface area contributed by atoms with E-state index in [1.54, 1.807) is 17.0 Å². The van der Waals surface area contributed by atoms with Gasteiger partial charge in [-0.05, 0) is 44.7 Å². The second-order valence-corrected chi connectivity index (χ2v) is 8.51. The van der Waals surface area contributed by atoms with Crippen LogP contribution in [0.2, 0.25) is 0 Å². The third-order valence-corrected chi connectivity index (χ3v) is 6.02. The summed E-state index contributed by atoms with van der Waals surface area (Å²) in [6.07, 6.45) is 0.513. The van der Waals surface area contributed by atoms with Crippen molar-refractivity contribution in [3.05, 3.63) is 30.1 Å². The predicted octanol–water partition coefficient (Wildman–Crippen LogP) is 1.17. The van der Waals surface area contributed by atoms with Crippen molar-refractivity contribution in [1.29, 1.82) is 0 Å². The van der Waals surface area contributed by atoms with Crippen LogP contribution in [0, 0.1) is 5.82 Å². The van der Waals surface area contributed by atoms with Crippen LogP contribution in [0.5, 0.6) is 5.75 Å². The number of halogens is 1. The van der Waals surface area contributed by atoms with Crippen LogP contribution in [0.15, 0.2) is 24.3 Å². The van der Waals surface area contributed by atoms with Gasteiger partial charge < -0.3 is 9.64 Å². The largest absolute Gasteiger partial charge is 0.492 e. The van der Waals surface area contributed by atoms with Crippen LogP contribution in [0.3, 0.4) is 0 Å². The van der Waals surface area contributed by atoms with E-state index < -0.39 is 9.84 Å². The highest BCUT2D eigenvalue weighted by Crippen LogP contribution is 2.18. The summed E-state index contributed by atoms with van der Waals surface area (Å²) < 4.78 is 41.6. The van der Waals surface area contributed by atoms with Crippen LogP contribution in [0.25, 0.3) is 0 Å². The molecule has 1 saturated heterocycles. The fraction of sp³-hybridized carbons (Fsp3) is 0.588. The lowest BCUT2D eigenvalue weighted by Crippen LogP contribution is -2.46. The zero-order valence-electron chi connectivity index (χ0n) is 14.7. The Hall–Kier alpha value is -1.67. The molecule has 6 nitrogen and oxygen atoms in total. The number of carbonyl (C=O) groups excluding carboxylic acids is 1. The number of hydrogen-bond donors (Lipinski definition) is 0. The van der Waals surface area contributed by atoms with Crippen molar-refractivity contribution in [1.82, 2.24) is 9.80 Å². The smallest absolute Gasteiger partial charge is 0.237 e.